The van der Waals surface area contributed by atoms with Crippen LogP contribution in [0.1, 0.15) is 45.0 Å². The average molecular weight is 319 g/mol. The van der Waals surface area contributed by atoms with Crippen LogP contribution >= 0.6 is 0 Å². The van der Waals surface area contributed by atoms with Crippen LogP contribution in [0.15, 0.2) is 12.4 Å². The number of aromatic amines is 1. The summed E-state index contributed by atoms with van der Waals surface area (Å²) in [4.78, 5) is 46.9. The van der Waals surface area contributed by atoms with E-state index in [9.17, 15) is 14.4 Å². The molecule has 8 nitrogen and oxygen atoms in total. The highest BCUT2D eigenvalue weighted by atomic mass is 16.2. The normalized spacial score (nSPS) is 24.0. The third-order valence-electron chi connectivity index (χ3n) is 4.65. The van der Waals surface area contributed by atoms with Gasteiger partial charge < -0.3 is 14.8 Å². The largest absolute Gasteiger partial charge is 0.347 e. The fraction of sp³-hybridized carbons (Fsp3) is 0.600. The van der Waals surface area contributed by atoms with E-state index in [1.165, 1.54) is 4.90 Å². The number of hydrogen-bond acceptors (Lipinski definition) is 4. The van der Waals surface area contributed by atoms with Crippen molar-refractivity contribution < 1.29 is 14.4 Å². The Labute approximate surface area is 134 Å². The molecule has 1 aromatic rings. The molecule has 0 bridgehead atoms. The molecule has 2 N–H and O–H groups in total. The summed E-state index contributed by atoms with van der Waals surface area (Å²) in [5.74, 6) is 0.222. The van der Waals surface area contributed by atoms with Gasteiger partial charge in [0, 0.05) is 18.9 Å². The summed E-state index contributed by atoms with van der Waals surface area (Å²) in [5.41, 5.74) is -1.01. The van der Waals surface area contributed by atoms with Gasteiger partial charge in [0.1, 0.15) is 17.9 Å². The molecule has 1 atom stereocenters. The minimum atomic E-state index is -1.01. The SMILES string of the molecule is CC1(C)C(=O)NC(=O)N1CC(=O)N1CCCCC1c1ncc[nH]1. The predicted molar refractivity (Wildman–Crippen MR) is 81.2 cm³/mol. The molecule has 4 amide bonds. The van der Waals surface area contributed by atoms with Crippen LogP contribution in [0.3, 0.4) is 0 Å². The number of urea groups is 1. The number of H-pyrrole nitrogens is 1. The van der Waals surface area contributed by atoms with Crippen molar-refractivity contribution in [2.75, 3.05) is 13.1 Å². The number of imide groups is 1. The first-order chi connectivity index (χ1) is 10.9. The summed E-state index contributed by atoms with van der Waals surface area (Å²) in [6, 6.07) is -0.615. The van der Waals surface area contributed by atoms with Crippen LogP contribution in [-0.2, 0) is 9.59 Å². The summed E-state index contributed by atoms with van der Waals surface area (Å²) in [6.45, 7) is 3.80. The number of amides is 4. The standard InChI is InChI=1S/C15H21N5O3/c1-15(2)13(22)18-14(23)20(15)9-11(21)19-8-4-3-5-10(19)12-16-6-7-17-12/h6-7,10H,3-5,8-9H2,1-2H3,(H,16,17)(H,18,22,23). The molecule has 2 saturated heterocycles. The van der Waals surface area contributed by atoms with E-state index in [1.54, 1.807) is 31.1 Å². The second kappa shape index (κ2) is 5.68. The fourth-order valence-corrected chi connectivity index (χ4v) is 3.16. The number of imidazole rings is 1. The highest BCUT2D eigenvalue weighted by Crippen LogP contribution is 2.29. The Hall–Kier alpha value is -2.38. The molecule has 2 aliphatic rings. The second-order valence-corrected chi connectivity index (χ2v) is 6.48. The molecular formula is C15H21N5O3. The van der Waals surface area contributed by atoms with Crippen molar-refractivity contribution in [3.8, 4) is 0 Å². The van der Waals surface area contributed by atoms with Crippen LogP contribution in [0.25, 0.3) is 0 Å². The monoisotopic (exact) mass is 319 g/mol. The number of nitrogens with zero attached hydrogens (tertiary/aromatic N) is 3. The van der Waals surface area contributed by atoms with Gasteiger partial charge in [-0.25, -0.2) is 9.78 Å². The molecule has 2 fully saturated rings. The van der Waals surface area contributed by atoms with Crippen molar-refractivity contribution in [1.82, 2.24) is 25.1 Å². The maximum absolute atomic E-state index is 12.8. The fourth-order valence-electron chi connectivity index (χ4n) is 3.16. The van der Waals surface area contributed by atoms with E-state index in [1.807, 2.05) is 0 Å². The van der Waals surface area contributed by atoms with E-state index < -0.39 is 11.6 Å². The Kier molecular flexibility index (Phi) is 3.83. The van der Waals surface area contributed by atoms with Gasteiger partial charge in [0.2, 0.25) is 5.91 Å². The number of hydrogen-bond donors (Lipinski definition) is 2. The van der Waals surface area contributed by atoms with Crippen molar-refractivity contribution in [2.24, 2.45) is 0 Å². The average Bonchev–Trinajstić information content (AvgIpc) is 3.11. The molecule has 23 heavy (non-hydrogen) atoms. The van der Waals surface area contributed by atoms with E-state index >= 15 is 0 Å². The maximum Gasteiger partial charge on any atom is 0.325 e. The predicted octanol–water partition coefficient (Wildman–Crippen LogP) is 0.794. The lowest BCUT2D eigenvalue weighted by Crippen LogP contribution is -2.51. The quantitative estimate of drug-likeness (QED) is 0.805. The number of carbonyl (C=O) groups is 3. The second-order valence-electron chi connectivity index (χ2n) is 6.48. The van der Waals surface area contributed by atoms with Crippen LogP contribution < -0.4 is 5.32 Å². The zero-order valence-electron chi connectivity index (χ0n) is 13.3. The summed E-state index contributed by atoms with van der Waals surface area (Å²) in [6.07, 6.45) is 6.21. The van der Waals surface area contributed by atoms with Gasteiger partial charge in [-0.15, -0.1) is 0 Å². The van der Waals surface area contributed by atoms with Crippen molar-refractivity contribution >= 4 is 17.8 Å². The summed E-state index contributed by atoms with van der Waals surface area (Å²) in [5, 5.41) is 2.26. The minimum Gasteiger partial charge on any atom is -0.347 e. The smallest absolute Gasteiger partial charge is 0.325 e. The number of nitrogens with one attached hydrogen (secondary N) is 2. The van der Waals surface area contributed by atoms with Crippen LogP contribution in [0, 0.1) is 0 Å². The van der Waals surface area contributed by atoms with Gasteiger partial charge in [-0.1, -0.05) is 0 Å². The van der Waals surface area contributed by atoms with Crippen LogP contribution in [0.4, 0.5) is 4.79 Å². The highest BCUT2D eigenvalue weighted by molar-refractivity contribution is 6.07. The summed E-state index contributed by atoms with van der Waals surface area (Å²) < 4.78 is 0. The van der Waals surface area contributed by atoms with E-state index in [-0.39, 0.29) is 24.4 Å². The van der Waals surface area contributed by atoms with E-state index in [0.29, 0.717) is 6.54 Å². The number of carbonyl (C=O) groups excluding carboxylic acids is 3. The van der Waals surface area contributed by atoms with Gasteiger partial charge in [-0.05, 0) is 33.1 Å². The number of rotatable bonds is 3. The number of aromatic nitrogens is 2. The molecule has 0 saturated carbocycles. The van der Waals surface area contributed by atoms with Crippen LogP contribution in [0.5, 0.6) is 0 Å². The third-order valence-corrected chi connectivity index (χ3v) is 4.65. The van der Waals surface area contributed by atoms with Gasteiger partial charge in [0.15, 0.2) is 0 Å². The number of likely N-dealkylation sites (tertiary alicyclic amines) is 1. The number of piperidine rings is 1. The van der Waals surface area contributed by atoms with Gasteiger partial charge in [0.25, 0.3) is 5.91 Å². The molecule has 0 aliphatic carbocycles. The van der Waals surface area contributed by atoms with Crippen molar-refractivity contribution in [1.29, 1.82) is 0 Å². The maximum atomic E-state index is 12.8. The molecule has 2 aliphatic heterocycles. The topological polar surface area (TPSA) is 98.4 Å². The Bertz CT molecular complexity index is 625. The summed E-state index contributed by atoms with van der Waals surface area (Å²) in [7, 11) is 0. The first-order valence-electron chi connectivity index (χ1n) is 7.83. The van der Waals surface area contributed by atoms with Crippen LogP contribution in [-0.4, -0.2) is 56.2 Å². The van der Waals surface area contributed by atoms with Gasteiger partial charge >= 0.3 is 6.03 Å². The third kappa shape index (κ3) is 2.69. The molecule has 3 rings (SSSR count). The van der Waals surface area contributed by atoms with Gasteiger partial charge in [0.05, 0.1) is 6.04 Å². The lowest BCUT2D eigenvalue weighted by atomic mass is 10.0. The molecule has 0 aromatic carbocycles. The zero-order chi connectivity index (χ0) is 16.6. The molecule has 124 valence electrons. The van der Waals surface area contributed by atoms with Crippen LogP contribution in [0.2, 0.25) is 0 Å². The lowest BCUT2D eigenvalue weighted by Gasteiger charge is -2.37. The lowest BCUT2D eigenvalue weighted by molar-refractivity contribution is -0.137. The Balaban J connectivity index is 1.76. The first-order valence-corrected chi connectivity index (χ1v) is 7.83. The van der Waals surface area contributed by atoms with Gasteiger partial charge in [-0.2, -0.15) is 0 Å². The summed E-state index contributed by atoms with van der Waals surface area (Å²) >= 11 is 0. The molecule has 3 heterocycles. The van der Waals surface area contributed by atoms with Crippen molar-refractivity contribution in [3.05, 3.63) is 18.2 Å². The highest BCUT2D eigenvalue weighted by Gasteiger charge is 2.47. The molecular weight excluding hydrogens is 298 g/mol. The molecule has 8 heteroatoms. The van der Waals surface area contributed by atoms with E-state index in [2.05, 4.69) is 15.3 Å². The zero-order valence-corrected chi connectivity index (χ0v) is 13.3. The Morgan fingerprint density at radius 3 is 2.78 bits per heavy atom. The van der Waals surface area contributed by atoms with Gasteiger partial charge in [-0.3, -0.25) is 14.9 Å². The van der Waals surface area contributed by atoms with E-state index in [0.717, 1.165) is 25.1 Å². The molecule has 1 aromatic heterocycles. The Morgan fingerprint density at radius 2 is 2.17 bits per heavy atom. The Morgan fingerprint density at radius 1 is 1.39 bits per heavy atom. The molecule has 1 unspecified atom stereocenters. The van der Waals surface area contributed by atoms with Crippen molar-refractivity contribution in [2.45, 2.75) is 44.7 Å². The molecule has 0 radical (unpaired) electrons. The van der Waals surface area contributed by atoms with Crippen molar-refractivity contribution in [3.63, 3.8) is 0 Å². The first kappa shape index (κ1) is 15.5. The minimum absolute atomic E-state index is 0.101. The van der Waals surface area contributed by atoms with E-state index in [4.69, 9.17) is 0 Å². The molecule has 0 spiro atoms.